The molecule has 1 heterocycles. The van der Waals surface area contributed by atoms with Crippen molar-refractivity contribution >= 4 is 34.7 Å². The topological polar surface area (TPSA) is 65.8 Å². The van der Waals surface area contributed by atoms with Crippen molar-refractivity contribution in [3.05, 3.63) is 65.5 Å². The first-order chi connectivity index (χ1) is 12.2. The Labute approximate surface area is 154 Å². The molecule has 1 N–H and O–H groups in total. The molecule has 2 aromatic carbocycles. The molecule has 0 saturated carbocycles. The highest BCUT2D eigenvalue weighted by Gasteiger charge is 2.17. The summed E-state index contributed by atoms with van der Waals surface area (Å²) in [6.45, 7) is 1.85. The fraction of sp³-hybridized carbons (Fsp3) is 0.105. The van der Waals surface area contributed by atoms with Crippen LogP contribution >= 0.6 is 23.1 Å². The van der Waals surface area contributed by atoms with E-state index >= 15 is 0 Å². The summed E-state index contributed by atoms with van der Waals surface area (Å²) in [6, 6.07) is 18.8. The second-order valence-electron chi connectivity index (χ2n) is 5.30. The van der Waals surface area contributed by atoms with Crippen molar-refractivity contribution < 1.29 is 4.79 Å². The second kappa shape index (κ2) is 7.97. The lowest BCUT2D eigenvalue weighted by Gasteiger charge is -2.10. The summed E-state index contributed by atoms with van der Waals surface area (Å²) >= 11 is 2.97. The van der Waals surface area contributed by atoms with Gasteiger partial charge in [0, 0.05) is 16.6 Å². The van der Waals surface area contributed by atoms with Gasteiger partial charge in [0.15, 0.2) is 4.34 Å². The second-order valence-corrected chi connectivity index (χ2v) is 7.75. The molecule has 0 bridgehead atoms. The molecule has 25 heavy (non-hydrogen) atoms. The van der Waals surface area contributed by atoms with Crippen LogP contribution in [0.25, 0.3) is 11.3 Å². The molecule has 6 heteroatoms. The van der Waals surface area contributed by atoms with Crippen LogP contribution in [0.5, 0.6) is 0 Å². The van der Waals surface area contributed by atoms with E-state index in [-0.39, 0.29) is 11.2 Å². The maximum absolute atomic E-state index is 12.3. The molecule has 0 fully saturated rings. The third-order valence-electron chi connectivity index (χ3n) is 3.48. The van der Waals surface area contributed by atoms with Crippen LogP contribution in [-0.2, 0) is 4.79 Å². The van der Waals surface area contributed by atoms with Crippen molar-refractivity contribution in [3.8, 4) is 17.3 Å². The SMILES string of the molecule is C[C@@H](Sc1nc(-c2ccccc2)cs1)C(=O)Nc1ccc(C#N)cc1. The zero-order chi connectivity index (χ0) is 17.6. The van der Waals surface area contributed by atoms with Gasteiger partial charge in [0.25, 0.3) is 0 Å². The zero-order valence-electron chi connectivity index (χ0n) is 13.5. The third-order valence-corrected chi connectivity index (χ3v) is 5.55. The van der Waals surface area contributed by atoms with Gasteiger partial charge in [0.2, 0.25) is 5.91 Å². The molecular weight excluding hydrogens is 350 g/mol. The van der Waals surface area contributed by atoms with Crippen molar-refractivity contribution in [1.82, 2.24) is 4.98 Å². The van der Waals surface area contributed by atoms with E-state index in [2.05, 4.69) is 16.4 Å². The molecule has 0 spiro atoms. The lowest BCUT2D eigenvalue weighted by Crippen LogP contribution is -2.22. The summed E-state index contributed by atoms with van der Waals surface area (Å²) in [5, 5.41) is 13.4. The Hall–Kier alpha value is -2.62. The number of anilines is 1. The summed E-state index contributed by atoms with van der Waals surface area (Å²) in [5.41, 5.74) is 3.24. The number of carbonyl (C=O) groups is 1. The number of thiazole rings is 1. The van der Waals surface area contributed by atoms with Gasteiger partial charge in [-0.2, -0.15) is 5.26 Å². The molecule has 1 amide bonds. The predicted octanol–water partition coefficient (Wildman–Crippen LogP) is 4.80. The summed E-state index contributed by atoms with van der Waals surface area (Å²) in [4.78, 5) is 16.9. The van der Waals surface area contributed by atoms with Gasteiger partial charge in [-0.05, 0) is 31.2 Å². The predicted molar refractivity (Wildman–Crippen MR) is 103 cm³/mol. The minimum absolute atomic E-state index is 0.0915. The number of amides is 1. The average Bonchev–Trinajstić information content (AvgIpc) is 3.11. The van der Waals surface area contributed by atoms with Gasteiger partial charge in [-0.1, -0.05) is 42.1 Å². The Morgan fingerprint density at radius 3 is 2.60 bits per heavy atom. The summed E-state index contributed by atoms with van der Waals surface area (Å²) in [7, 11) is 0. The number of benzene rings is 2. The lowest BCUT2D eigenvalue weighted by atomic mass is 10.2. The number of nitriles is 1. The molecule has 4 nitrogen and oxygen atoms in total. The van der Waals surface area contributed by atoms with Crippen LogP contribution in [0.1, 0.15) is 12.5 Å². The largest absolute Gasteiger partial charge is 0.325 e. The first kappa shape index (κ1) is 17.2. The highest BCUT2D eigenvalue weighted by molar-refractivity contribution is 8.02. The Kier molecular flexibility index (Phi) is 5.49. The Balaban J connectivity index is 1.61. The van der Waals surface area contributed by atoms with Crippen molar-refractivity contribution in [3.63, 3.8) is 0 Å². The Morgan fingerprint density at radius 1 is 1.20 bits per heavy atom. The fourth-order valence-electron chi connectivity index (χ4n) is 2.13. The number of thioether (sulfide) groups is 1. The van der Waals surface area contributed by atoms with Crippen LogP contribution in [0.15, 0.2) is 64.3 Å². The van der Waals surface area contributed by atoms with Crippen LogP contribution in [-0.4, -0.2) is 16.1 Å². The molecular formula is C19H15N3OS2. The number of carbonyl (C=O) groups excluding carboxylic acids is 1. The third kappa shape index (κ3) is 4.47. The van der Waals surface area contributed by atoms with E-state index in [1.807, 2.05) is 42.6 Å². The molecule has 124 valence electrons. The molecule has 0 aliphatic rings. The summed E-state index contributed by atoms with van der Waals surface area (Å²) < 4.78 is 0.862. The van der Waals surface area contributed by atoms with E-state index in [1.54, 1.807) is 24.3 Å². The molecule has 0 aliphatic carbocycles. The van der Waals surface area contributed by atoms with Gasteiger partial charge in [-0.3, -0.25) is 4.79 Å². The van der Waals surface area contributed by atoms with Crippen LogP contribution in [0.4, 0.5) is 5.69 Å². The number of hydrogen-bond donors (Lipinski definition) is 1. The van der Waals surface area contributed by atoms with E-state index in [9.17, 15) is 4.79 Å². The van der Waals surface area contributed by atoms with E-state index in [1.165, 1.54) is 23.1 Å². The van der Waals surface area contributed by atoms with Gasteiger partial charge in [0.1, 0.15) is 0 Å². The van der Waals surface area contributed by atoms with Gasteiger partial charge in [-0.15, -0.1) is 11.3 Å². The van der Waals surface area contributed by atoms with Gasteiger partial charge >= 0.3 is 0 Å². The molecule has 1 aromatic heterocycles. The number of hydrogen-bond acceptors (Lipinski definition) is 5. The Bertz CT molecular complexity index is 898. The number of rotatable bonds is 5. The molecule has 0 unspecified atom stereocenters. The quantitative estimate of drug-likeness (QED) is 0.660. The van der Waals surface area contributed by atoms with E-state index in [4.69, 9.17) is 5.26 Å². The van der Waals surface area contributed by atoms with Crippen LogP contribution in [0.3, 0.4) is 0 Å². The van der Waals surface area contributed by atoms with E-state index in [0.29, 0.717) is 11.3 Å². The Morgan fingerprint density at radius 2 is 1.92 bits per heavy atom. The van der Waals surface area contributed by atoms with E-state index < -0.39 is 0 Å². The standard InChI is InChI=1S/C19H15N3OS2/c1-13(18(23)21-16-9-7-14(11-20)8-10-16)25-19-22-17(12-24-19)15-5-3-2-4-6-15/h2-10,12-13H,1H3,(H,21,23)/t13-/m1/s1. The molecule has 3 aromatic rings. The molecule has 0 aliphatic heterocycles. The first-order valence-electron chi connectivity index (χ1n) is 7.64. The summed E-state index contributed by atoms with van der Waals surface area (Å²) in [6.07, 6.45) is 0. The molecule has 0 saturated heterocycles. The molecule has 1 atom stereocenters. The minimum atomic E-state index is -0.273. The van der Waals surface area contributed by atoms with E-state index in [0.717, 1.165) is 15.6 Å². The van der Waals surface area contributed by atoms with Crippen molar-refractivity contribution in [2.75, 3.05) is 5.32 Å². The van der Waals surface area contributed by atoms with Crippen LogP contribution in [0, 0.1) is 11.3 Å². The van der Waals surface area contributed by atoms with Gasteiger partial charge in [-0.25, -0.2) is 4.98 Å². The zero-order valence-corrected chi connectivity index (χ0v) is 15.1. The number of nitrogens with zero attached hydrogens (tertiary/aromatic N) is 2. The smallest absolute Gasteiger partial charge is 0.237 e. The summed E-state index contributed by atoms with van der Waals surface area (Å²) in [5.74, 6) is -0.0915. The van der Waals surface area contributed by atoms with Crippen LogP contribution < -0.4 is 5.32 Å². The van der Waals surface area contributed by atoms with Crippen LogP contribution in [0.2, 0.25) is 0 Å². The number of aromatic nitrogens is 1. The average molecular weight is 365 g/mol. The van der Waals surface area contributed by atoms with Gasteiger partial charge in [0.05, 0.1) is 22.6 Å². The molecule has 0 radical (unpaired) electrons. The maximum atomic E-state index is 12.3. The van der Waals surface area contributed by atoms with Crippen molar-refractivity contribution in [2.24, 2.45) is 0 Å². The highest BCUT2D eigenvalue weighted by atomic mass is 32.2. The number of nitrogens with one attached hydrogen (secondary N) is 1. The van der Waals surface area contributed by atoms with Crippen molar-refractivity contribution in [1.29, 1.82) is 5.26 Å². The fourth-order valence-corrected chi connectivity index (χ4v) is 4.10. The maximum Gasteiger partial charge on any atom is 0.237 e. The monoisotopic (exact) mass is 365 g/mol. The van der Waals surface area contributed by atoms with Crippen molar-refractivity contribution in [2.45, 2.75) is 16.5 Å². The lowest BCUT2D eigenvalue weighted by molar-refractivity contribution is -0.115. The minimum Gasteiger partial charge on any atom is -0.325 e. The normalized spacial score (nSPS) is 11.5. The van der Waals surface area contributed by atoms with Gasteiger partial charge < -0.3 is 5.32 Å². The highest BCUT2D eigenvalue weighted by Crippen LogP contribution is 2.31. The molecule has 3 rings (SSSR count). The first-order valence-corrected chi connectivity index (χ1v) is 9.40.